The van der Waals surface area contributed by atoms with Crippen molar-refractivity contribution in [3.05, 3.63) is 10.9 Å². The van der Waals surface area contributed by atoms with Crippen molar-refractivity contribution in [2.75, 3.05) is 23.7 Å². The molecule has 0 saturated heterocycles. The summed E-state index contributed by atoms with van der Waals surface area (Å²) in [7, 11) is 0. The van der Waals surface area contributed by atoms with Gasteiger partial charge < -0.3 is 16.0 Å². The number of amides is 1. The van der Waals surface area contributed by atoms with Crippen molar-refractivity contribution in [3.63, 3.8) is 0 Å². The van der Waals surface area contributed by atoms with Crippen LogP contribution < -0.4 is 16.0 Å². The summed E-state index contributed by atoms with van der Waals surface area (Å²) in [5.41, 5.74) is 0. The van der Waals surface area contributed by atoms with Gasteiger partial charge in [-0.3, -0.25) is 4.79 Å². The Hall–Kier alpha value is -1.89. The Kier molecular flexibility index (Phi) is 4.95. The quantitative estimate of drug-likeness (QED) is 0.763. The van der Waals surface area contributed by atoms with E-state index in [9.17, 15) is 4.79 Å². The van der Waals surface area contributed by atoms with E-state index in [1.54, 1.807) is 11.3 Å². The molecule has 0 saturated carbocycles. The van der Waals surface area contributed by atoms with Crippen molar-refractivity contribution < 1.29 is 4.79 Å². The van der Waals surface area contributed by atoms with Crippen molar-refractivity contribution >= 4 is 39.2 Å². The van der Waals surface area contributed by atoms with Crippen molar-refractivity contribution in [2.24, 2.45) is 0 Å². The topological polar surface area (TPSA) is 78.9 Å². The molecule has 2 aromatic rings. The van der Waals surface area contributed by atoms with Crippen LogP contribution in [0.25, 0.3) is 10.2 Å². The van der Waals surface area contributed by atoms with Gasteiger partial charge in [-0.15, -0.1) is 11.3 Å². The minimum Gasteiger partial charge on any atom is -0.360 e. The second-order valence-electron chi connectivity index (χ2n) is 5.08. The molecule has 0 fully saturated rings. The minimum atomic E-state index is -0.0475. The van der Waals surface area contributed by atoms with Crippen LogP contribution in [0.2, 0.25) is 0 Å². The molecule has 114 valence electrons. The molecule has 21 heavy (non-hydrogen) atoms. The van der Waals surface area contributed by atoms with Crippen LogP contribution in [0.4, 0.5) is 11.8 Å². The maximum absolute atomic E-state index is 11.7. The lowest BCUT2D eigenvalue weighted by molar-refractivity contribution is -0.119. The van der Waals surface area contributed by atoms with Crippen LogP contribution in [0.15, 0.2) is 6.07 Å². The molecule has 7 heteroatoms. The Morgan fingerprint density at radius 3 is 2.76 bits per heavy atom. The lowest BCUT2D eigenvalue weighted by Crippen LogP contribution is -2.35. The van der Waals surface area contributed by atoms with E-state index in [2.05, 4.69) is 25.9 Å². The van der Waals surface area contributed by atoms with Gasteiger partial charge in [0.2, 0.25) is 11.9 Å². The number of nitrogens with one attached hydrogen (secondary N) is 3. The molecule has 0 radical (unpaired) electrons. The van der Waals surface area contributed by atoms with Gasteiger partial charge in [-0.25, -0.2) is 4.98 Å². The second-order valence-corrected chi connectivity index (χ2v) is 6.31. The summed E-state index contributed by atoms with van der Waals surface area (Å²) in [5.74, 6) is 1.23. The lowest BCUT2D eigenvalue weighted by Gasteiger charge is -2.11. The summed E-state index contributed by atoms with van der Waals surface area (Å²) in [6.07, 6.45) is 0. The average molecular weight is 307 g/mol. The monoisotopic (exact) mass is 307 g/mol. The van der Waals surface area contributed by atoms with E-state index in [0.717, 1.165) is 16.8 Å². The summed E-state index contributed by atoms with van der Waals surface area (Å²) in [6.45, 7) is 8.86. The van der Waals surface area contributed by atoms with E-state index in [1.165, 1.54) is 4.88 Å². The third kappa shape index (κ3) is 4.04. The van der Waals surface area contributed by atoms with Crippen LogP contribution in [0, 0.1) is 6.92 Å². The molecule has 0 aromatic carbocycles. The maximum atomic E-state index is 11.7. The standard InChI is InChI=1S/C14H21N5OS/c1-5-15-14-18-12(16-7-11(20)17-8(2)3)10-6-9(4)21-13(10)19-14/h6,8H,5,7H2,1-4H3,(H,17,20)(H2,15,16,18,19). The Labute approximate surface area is 128 Å². The number of thiophene rings is 1. The Morgan fingerprint density at radius 2 is 2.10 bits per heavy atom. The van der Waals surface area contributed by atoms with Crippen molar-refractivity contribution in [1.29, 1.82) is 0 Å². The molecule has 0 unspecified atom stereocenters. The van der Waals surface area contributed by atoms with Crippen LogP contribution in [0.1, 0.15) is 25.6 Å². The molecular weight excluding hydrogens is 286 g/mol. The Morgan fingerprint density at radius 1 is 1.33 bits per heavy atom. The fraction of sp³-hybridized carbons (Fsp3) is 0.500. The molecule has 0 aliphatic carbocycles. The third-order valence-electron chi connectivity index (χ3n) is 2.72. The van der Waals surface area contributed by atoms with Crippen molar-refractivity contribution in [1.82, 2.24) is 15.3 Å². The normalized spacial score (nSPS) is 10.9. The van der Waals surface area contributed by atoms with Crippen LogP contribution in [-0.2, 0) is 4.79 Å². The number of nitrogens with zero attached hydrogens (tertiary/aromatic N) is 2. The predicted molar refractivity (Wildman–Crippen MR) is 88.1 cm³/mol. The highest BCUT2D eigenvalue weighted by molar-refractivity contribution is 7.18. The summed E-state index contributed by atoms with van der Waals surface area (Å²) in [6, 6.07) is 2.17. The molecule has 2 aromatic heterocycles. The summed E-state index contributed by atoms with van der Waals surface area (Å²) >= 11 is 1.62. The molecule has 2 heterocycles. The molecule has 2 rings (SSSR count). The highest BCUT2D eigenvalue weighted by Crippen LogP contribution is 2.29. The van der Waals surface area contributed by atoms with Gasteiger partial charge >= 0.3 is 0 Å². The number of aromatic nitrogens is 2. The number of aryl methyl sites for hydroxylation is 1. The van der Waals surface area contributed by atoms with Gasteiger partial charge in [0, 0.05) is 17.5 Å². The van der Waals surface area contributed by atoms with E-state index in [4.69, 9.17) is 0 Å². The molecule has 0 aliphatic heterocycles. The zero-order chi connectivity index (χ0) is 15.4. The zero-order valence-corrected chi connectivity index (χ0v) is 13.6. The summed E-state index contributed by atoms with van der Waals surface area (Å²) in [4.78, 5) is 22.8. The molecule has 0 atom stereocenters. The molecule has 0 aliphatic rings. The SMILES string of the molecule is CCNc1nc(NCC(=O)NC(C)C)c2cc(C)sc2n1. The van der Waals surface area contributed by atoms with Gasteiger partial charge in [0.1, 0.15) is 10.6 Å². The highest BCUT2D eigenvalue weighted by Gasteiger charge is 2.11. The molecule has 1 amide bonds. The number of carbonyl (C=O) groups is 1. The number of hydrogen-bond donors (Lipinski definition) is 3. The Bertz CT molecular complexity index is 638. The number of carbonyl (C=O) groups excluding carboxylic acids is 1. The zero-order valence-electron chi connectivity index (χ0n) is 12.8. The van der Waals surface area contributed by atoms with Gasteiger partial charge in [-0.05, 0) is 33.8 Å². The molecular formula is C14H21N5OS. The first kappa shape index (κ1) is 15.5. The predicted octanol–water partition coefficient (Wildman–Crippen LogP) is 2.37. The maximum Gasteiger partial charge on any atom is 0.239 e. The number of fused-ring (bicyclic) bond motifs is 1. The molecule has 0 spiro atoms. The van der Waals surface area contributed by atoms with Crippen LogP contribution >= 0.6 is 11.3 Å². The fourth-order valence-electron chi connectivity index (χ4n) is 1.95. The van der Waals surface area contributed by atoms with Crippen LogP contribution in [-0.4, -0.2) is 35.0 Å². The number of hydrogen-bond acceptors (Lipinski definition) is 6. The van der Waals surface area contributed by atoms with Gasteiger partial charge in [0.25, 0.3) is 0 Å². The van der Waals surface area contributed by atoms with E-state index >= 15 is 0 Å². The first-order valence-electron chi connectivity index (χ1n) is 7.05. The molecule has 3 N–H and O–H groups in total. The number of anilines is 2. The molecule has 0 bridgehead atoms. The largest absolute Gasteiger partial charge is 0.360 e. The van der Waals surface area contributed by atoms with E-state index < -0.39 is 0 Å². The summed E-state index contributed by atoms with van der Waals surface area (Å²) in [5, 5.41) is 10.0. The van der Waals surface area contributed by atoms with Crippen LogP contribution in [0.3, 0.4) is 0 Å². The Balaban J connectivity index is 2.22. The van der Waals surface area contributed by atoms with Gasteiger partial charge in [-0.1, -0.05) is 0 Å². The van der Waals surface area contributed by atoms with Crippen LogP contribution in [0.5, 0.6) is 0 Å². The minimum absolute atomic E-state index is 0.0475. The summed E-state index contributed by atoms with van der Waals surface area (Å²) < 4.78 is 0. The molecule has 6 nitrogen and oxygen atoms in total. The van der Waals surface area contributed by atoms with E-state index in [0.29, 0.717) is 11.8 Å². The van der Waals surface area contributed by atoms with Gasteiger partial charge in [0.05, 0.1) is 11.9 Å². The third-order valence-corrected chi connectivity index (χ3v) is 3.66. The average Bonchev–Trinajstić information content (AvgIpc) is 2.76. The number of rotatable bonds is 6. The van der Waals surface area contributed by atoms with E-state index in [1.807, 2.05) is 33.8 Å². The van der Waals surface area contributed by atoms with Gasteiger partial charge in [0.15, 0.2) is 0 Å². The fourth-order valence-corrected chi connectivity index (χ4v) is 2.83. The second kappa shape index (κ2) is 6.71. The van der Waals surface area contributed by atoms with Crippen molar-refractivity contribution in [3.8, 4) is 0 Å². The first-order chi connectivity index (χ1) is 9.99. The lowest BCUT2D eigenvalue weighted by atomic mass is 10.3. The highest BCUT2D eigenvalue weighted by atomic mass is 32.1. The first-order valence-corrected chi connectivity index (χ1v) is 7.86. The van der Waals surface area contributed by atoms with Crippen molar-refractivity contribution in [2.45, 2.75) is 33.7 Å². The smallest absolute Gasteiger partial charge is 0.239 e. The van der Waals surface area contributed by atoms with Gasteiger partial charge in [-0.2, -0.15) is 4.98 Å². The van der Waals surface area contributed by atoms with E-state index in [-0.39, 0.29) is 18.5 Å².